The number of rotatable bonds is 7. The molecule has 0 saturated heterocycles. The molecule has 0 unspecified atom stereocenters. The average molecular weight is 325 g/mol. The molecule has 0 bridgehead atoms. The van der Waals surface area contributed by atoms with E-state index >= 15 is 0 Å². The zero-order valence-electron chi connectivity index (χ0n) is 15.0. The van der Waals surface area contributed by atoms with Gasteiger partial charge in [0.05, 0.1) is 0 Å². The summed E-state index contributed by atoms with van der Waals surface area (Å²) in [4.78, 5) is 12.1. The van der Waals surface area contributed by atoms with E-state index in [1.807, 2.05) is 31.2 Å². The Balaban J connectivity index is 1.86. The lowest BCUT2D eigenvalue weighted by molar-refractivity contribution is -0.123. The van der Waals surface area contributed by atoms with Gasteiger partial charge < -0.3 is 10.1 Å². The maximum Gasteiger partial charge on any atom is 0.257 e. The number of nitrogens with one attached hydrogen (secondary N) is 1. The number of carbonyl (C=O) groups excluding carboxylic acids is 1. The van der Waals surface area contributed by atoms with E-state index in [1.54, 1.807) is 0 Å². The highest BCUT2D eigenvalue weighted by Gasteiger charge is 2.11. The first-order valence-corrected chi connectivity index (χ1v) is 8.52. The van der Waals surface area contributed by atoms with Crippen LogP contribution in [-0.2, 0) is 4.79 Å². The Hall–Kier alpha value is -2.29. The molecule has 24 heavy (non-hydrogen) atoms. The Morgan fingerprint density at radius 1 is 1.08 bits per heavy atom. The molecule has 0 aliphatic carbocycles. The molecule has 0 aliphatic heterocycles. The fraction of sp³-hybridized carbons (Fsp3) is 0.381. The van der Waals surface area contributed by atoms with Crippen molar-refractivity contribution >= 4 is 5.91 Å². The van der Waals surface area contributed by atoms with Crippen LogP contribution in [-0.4, -0.2) is 19.1 Å². The van der Waals surface area contributed by atoms with E-state index in [1.165, 1.54) is 5.56 Å². The molecule has 0 saturated carbocycles. The van der Waals surface area contributed by atoms with E-state index in [4.69, 9.17) is 4.74 Å². The summed E-state index contributed by atoms with van der Waals surface area (Å²) >= 11 is 0. The van der Waals surface area contributed by atoms with Crippen molar-refractivity contribution in [2.45, 2.75) is 39.5 Å². The van der Waals surface area contributed by atoms with Gasteiger partial charge in [-0.1, -0.05) is 63.2 Å². The third kappa shape index (κ3) is 5.12. The highest BCUT2D eigenvalue weighted by atomic mass is 16.5. The van der Waals surface area contributed by atoms with Gasteiger partial charge in [0.1, 0.15) is 5.75 Å². The quantitative estimate of drug-likeness (QED) is 0.818. The van der Waals surface area contributed by atoms with Crippen LogP contribution in [0.2, 0.25) is 0 Å². The number of hydrogen-bond acceptors (Lipinski definition) is 2. The van der Waals surface area contributed by atoms with Gasteiger partial charge in [0.2, 0.25) is 0 Å². The number of hydrogen-bond donors (Lipinski definition) is 1. The Kier molecular flexibility index (Phi) is 6.42. The summed E-state index contributed by atoms with van der Waals surface area (Å²) < 4.78 is 5.77. The first-order chi connectivity index (χ1) is 11.5. The molecule has 1 N–H and O–H groups in total. The van der Waals surface area contributed by atoms with E-state index in [2.05, 4.69) is 50.4 Å². The predicted octanol–water partition coefficient (Wildman–Crippen LogP) is 4.42. The number of benzene rings is 2. The lowest BCUT2D eigenvalue weighted by Crippen LogP contribution is -2.32. The summed E-state index contributed by atoms with van der Waals surface area (Å²) in [5.74, 6) is 1.35. The molecule has 1 atom stereocenters. The van der Waals surface area contributed by atoms with Crippen molar-refractivity contribution in [3.05, 3.63) is 65.2 Å². The minimum atomic E-state index is -0.0889. The second kappa shape index (κ2) is 8.53. The van der Waals surface area contributed by atoms with Crippen LogP contribution in [0.5, 0.6) is 5.75 Å². The maximum absolute atomic E-state index is 12.1. The Bertz CT molecular complexity index is 665. The molecular formula is C21H27NO2. The fourth-order valence-electron chi connectivity index (χ4n) is 2.60. The minimum absolute atomic E-state index is 0.0463. The highest BCUT2D eigenvalue weighted by Crippen LogP contribution is 2.27. The van der Waals surface area contributed by atoms with Crippen molar-refractivity contribution in [1.82, 2.24) is 5.32 Å². The average Bonchev–Trinajstić information content (AvgIpc) is 2.58. The number of carbonyl (C=O) groups is 1. The predicted molar refractivity (Wildman–Crippen MR) is 98.6 cm³/mol. The molecule has 0 fully saturated rings. The summed E-state index contributed by atoms with van der Waals surface area (Å²) in [6.07, 6.45) is 0. The monoisotopic (exact) mass is 325 g/mol. The lowest BCUT2D eigenvalue weighted by Gasteiger charge is -2.16. The molecule has 128 valence electrons. The number of ether oxygens (including phenoxy) is 1. The zero-order valence-corrected chi connectivity index (χ0v) is 15.0. The van der Waals surface area contributed by atoms with Gasteiger partial charge in [0.15, 0.2) is 6.61 Å². The second-order valence-electron chi connectivity index (χ2n) is 6.60. The first-order valence-electron chi connectivity index (χ1n) is 8.52. The van der Waals surface area contributed by atoms with Gasteiger partial charge in [-0.05, 0) is 41.5 Å². The lowest BCUT2D eigenvalue weighted by atomic mass is 10.0. The minimum Gasteiger partial charge on any atom is -0.483 e. The van der Waals surface area contributed by atoms with Gasteiger partial charge in [-0.3, -0.25) is 4.79 Å². The molecule has 2 aromatic rings. The van der Waals surface area contributed by atoms with Gasteiger partial charge in [0, 0.05) is 6.54 Å². The van der Waals surface area contributed by atoms with Crippen molar-refractivity contribution in [2.24, 2.45) is 0 Å². The van der Waals surface area contributed by atoms with E-state index in [9.17, 15) is 4.79 Å². The molecule has 0 radical (unpaired) electrons. The summed E-state index contributed by atoms with van der Waals surface area (Å²) in [6, 6.07) is 16.3. The molecule has 0 aromatic heterocycles. The summed E-state index contributed by atoms with van der Waals surface area (Å²) in [5.41, 5.74) is 3.48. The summed E-state index contributed by atoms with van der Waals surface area (Å²) in [5, 5.41) is 2.95. The SMILES string of the molecule is Cc1ccc(C(C)C)c(OCC(=O)NC[C@@H](C)c2ccccc2)c1. The number of amides is 1. The molecule has 0 heterocycles. The van der Waals surface area contributed by atoms with Crippen molar-refractivity contribution in [3.8, 4) is 5.75 Å². The third-order valence-electron chi connectivity index (χ3n) is 4.12. The van der Waals surface area contributed by atoms with Crippen molar-refractivity contribution < 1.29 is 9.53 Å². The largest absolute Gasteiger partial charge is 0.483 e. The van der Waals surface area contributed by atoms with Crippen molar-refractivity contribution in [2.75, 3.05) is 13.2 Å². The standard InChI is InChI=1S/C21H27NO2/c1-15(2)19-11-10-16(3)12-20(19)24-14-21(23)22-13-17(4)18-8-6-5-7-9-18/h5-12,15,17H,13-14H2,1-4H3,(H,22,23)/t17-/m1/s1. The molecule has 3 heteroatoms. The highest BCUT2D eigenvalue weighted by molar-refractivity contribution is 5.77. The van der Waals surface area contributed by atoms with Gasteiger partial charge in [-0.25, -0.2) is 0 Å². The number of aryl methyl sites for hydroxylation is 1. The third-order valence-corrected chi connectivity index (χ3v) is 4.12. The van der Waals surface area contributed by atoms with E-state index < -0.39 is 0 Å². The topological polar surface area (TPSA) is 38.3 Å². The van der Waals surface area contributed by atoms with E-state index in [0.717, 1.165) is 16.9 Å². The van der Waals surface area contributed by atoms with Crippen LogP contribution < -0.4 is 10.1 Å². The maximum atomic E-state index is 12.1. The first kappa shape index (κ1) is 18.1. The summed E-state index contributed by atoms with van der Waals surface area (Å²) in [6.45, 7) is 9.03. The van der Waals surface area contributed by atoms with Gasteiger partial charge >= 0.3 is 0 Å². The molecule has 0 spiro atoms. The smallest absolute Gasteiger partial charge is 0.257 e. The van der Waals surface area contributed by atoms with Crippen LogP contribution in [0.3, 0.4) is 0 Å². The van der Waals surface area contributed by atoms with E-state index in [-0.39, 0.29) is 18.4 Å². The molecule has 2 rings (SSSR count). The van der Waals surface area contributed by atoms with Crippen LogP contribution >= 0.6 is 0 Å². The van der Waals surface area contributed by atoms with Gasteiger partial charge in [-0.2, -0.15) is 0 Å². The van der Waals surface area contributed by atoms with Crippen LogP contribution in [0.1, 0.15) is 49.3 Å². The van der Waals surface area contributed by atoms with Crippen LogP contribution in [0.25, 0.3) is 0 Å². The molecular weight excluding hydrogens is 298 g/mol. The molecule has 0 aliphatic rings. The van der Waals surface area contributed by atoms with Crippen LogP contribution in [0, 0.1) is 6.92 Å². The molecule has 3 nitrogen and oxygen atoms in total. The summed E-state index contributed by atoms with van der Waals surface area (Å²) in [7, 11) is 0. The second-order valence-corrected chi connectivity index (χ2v) is 6.60. The Labute approximate surface area is 145 Å². The normalized spacial score (nSPS) is 12.0. The Morgan fingerprint density at radius 3 is 2.46 bits per heavy atom. The van der Waals surface area contributed by atoms with Crippen LogP contribution in [0.4, 0.5) is 0 Å². The van der Waals surface area contributed by atoms with Crippen molar-refractivity contribution in [1.29, 1.82) is 0 Å². The molecule has 2 aromatic carbocycles. The van der Waals surface area contributed by atoms with E-state index in [0.29, 0.717) is 12.5 Å². The van der Waals surface area contributed by atoms with Gasteiger partial charge in [-0.15, -0.1) is 0 Å². The molecule has 1 amide bonds. The van der Waals surface area contributed by atoms with Crippen LogP contribution in [0.15, 0.2) is 48.5 Å². The van der Waals surface area contributed by atoms with Gasteiger partial charge in [0.25, 0.3) is 5.91 Å². The Morgan fingerprint density at radius 2 is 1.79 bits per heavy atom. The fourth-order valence-corrected chi connectivity index (χ4v) is 2.60. The van der Waals surface area contributed by atoms with Crippen molar-refractivity contribution in [3.63, 3.8) is 0 Å². The zero-order chi connectivity index (χ0) is 17.5.